The first-order valence-corrected chi connectivity index (χ1v) is 10.7. The summed E-state index contributed by atoms with van der Waals surface area (Å²) < 4.78 is 46.0. The molecule has 1 heterocycles. The topological polar surface area (TPSA) is 70.1 Å². The van der Waals surface area contributed by atoms with Crippen molar-refractivity contribution in [1.82, 2.24) is 9.55 Å². The van der Waals surface area contributed by atoms with E-state index in [0.29, 0.717) is 24.2 Å². The molecule has 0 aliphatic carbocycles. The van der Waals surface area contributed by atoms with Gasteiger partial charge in [-0.1, -0.05) is 0 Å². The minimum atomic E-state index is -1.58. The largest absolute Gasteiger partial charge is 0.497 e. The molecule has 0 saturated carbocycles. The van der Waals surface area contributed by atoms with E-state index in [4.69, 9.17) is 9.88 Å². The monoisotopic (exact) mass is 433 g/mol. The molecular formula is C22H25F2N3O2S. The molecular weight excluding hydrogens is 408 g/mol. The molecule has 0 amide bonds. The average molecular weight is 434 g/mol. The third-order valence-electron chi connectivity index (χ3n) is 5.07. The van der Waals surface area contributed by atoms with Crippen LogP contribution in [0.15, 0.2) is 54.9 Å². The maximum atomic E-state index is 13.8. The van der Waals surface area contributed by atoms with Gasteiger partial charge in [-0.25, -0.2) is 18.0 Å². The zero-order chi connectivity index (χ0) is 21.9. The Morgan fingerprint density at radius 2 is 1.80 bits per heavy atom. The van der Waals surface area contributed by atoms with Crippen LogP contribution < -0.4 is 9.88 Å². The molecule has 3 rings (SSSR count). The SMILES string of the molecule is COc1ccc(-n2ccnc2[C@H](Cc2cc(F)cc(F)c2)CC(C)(C)S(N)=O)cc1. The molecule has 30 heavy (non-hydrogen) atoms. The lowest BCUT2D eigenvalue weighted by atomic mass is 9.89. The lowest BCUT2D eigenvalue weighted by molar-refractivity contribution is 0.414. The second-order valence-electron chi connectivity index (χ2n) is 7.79. The summed E-state index contributed by atoms with van der Waals surface area (Å²) in [4.78, 5) is 4.52. The van der Waals surface area contributed by atoms with Gasteiger partial charge in [0.25, 0.3) is 0 Å². The predicted octanol–water partition coefficient (Wildman–Crippen LogP) is 4.28. The van der Waals surface area contributed by atoms with Crippen molar-refractivity contribution in [1.29, 1.82) is 0 Å². The standard InChI is InChI=1S/C22H25F2N3O2S/c1-22(2,30(25)28)14-16(10-15-11-17(23)13-18(24)12-15)21-26-8-9-27(21)19-4-6-20(29-3)7-5-19/h4-9,11-13,16H,10,14,25H2,1-3H3/t16-,30?/m1/s1. The fraction of sp³-hybridized carbons (Fsp3) is 0.318. The second-order valence-corrected chi connectivity index (χ2v) is 9.49. The van der Waals surface area contributed by atoms with Crippen molar-refractivity contribution in [2.75, 3.05) is 7.11 Å². The Balaban J connectivity index is 2.01. The Kier molecular flexibility index (Phi) is 6.67. The van der Waals surface area contributed by atoms with Gasteiger partial charge in [0, 0.05) is 30.1 Å². The molecule has 0 aliphatic rings. The molecule has 2 aromatic carbocycles. The van der Waals surface area contributed by atoms with Crippen molar-refractivity contribution in [2.45, 2.75) is 37.4 Å². The van der Waals surface area contributed by atoms with Crippen LogP contribution >= 0.6 is 0 Å². The van der Waals surface area contributed by atoms with Crippen LogP contribution in [-0.4, -0.2) is 25.6 Å². The highest BCUT2D eigenvalue weighted by molar-refractivity contribution is 7.84. The lowest BCUT2D eigenvalue weighted by Crippen LogP contribution is -2.34. The highest BCUT2D eigenvalue weighted by Gasteiger charge is 2.31. The molecule has 160 valence electrons. The van der Waals surface area contributed by atoms with Gasteiger partial charge < -0.3 is 9.30 Å². The van der Waals surface area contributed by atoms with E-state index in [0.717, 1.165) is 17.5 Å². The van der Waals surface area contributed by atoms with E-state index >= 15 is 0 Å². The number of methoxy groups -OCH3 is 1. The van der Waals surface area contributed by atoms with Crippen LogP contribution in [-0.2, 0) is 17.4 Å². The van der Waals surface area contributed by atoms with Crippen molar-refractivity contribution in [3.63, 3.8) is 0 Å². The third kappa shape index (κ3) is 5.12. The number of nitrogens with two attached hydrogens (primary N) is 1. The second kappa shape index (κ2) is 9.06. The molecule has 0 spiro atoms. The van der Waals surface area contributed by atoms with Crippen LogP contribution in [0.5, 0.6) is 5.75 Å². The fourth-order valence-electron chi connectivity index (χ4n) is 3.52. The zero-order valence-electron chi connectivity index (χ0n) is 17.1. The van der Waals surface area contributed by atoms with Gasteiger partial charge >= 0.3 is 0 Å². The molecule has 1 aromatic heterocycles. The highest BCUT2D eigenvalue weighted by atomic mass is 32.2. The van der Waals surface area contributed by atoms with E-state index in [1.807, 2.05) is 48.9 Å². The van der Waals surface area contributed by atoms with E-state index in [9.17, 15) is 13.0 Å². The third-order valence-corrected chi connectivity index (χ3v) is 6.33. The van der Waals surface area contributed by atoms with Gasteiger partial charge in [0.1, 0.15) is 23.2 Å². The van der Waals surface area contributed by atoms with Gasteiger partial charge in [-0.15, -0.1) is 0 Å². The molecule has 2 atom stereocenters. The number of nitrogens with zero attached hydrogens (tertiary/aromatic N) is 2. The summed E-state index contributed by atoms with van der Waals surface area (Å²) in [5, 5.41) is 5.71. The molecule has 2 N–H and O–H groups in total. The zero-order valence-corrected chi connectivity index (χ0v) is 18.0. The van der Waals surface area contributed by atoms with E-state index in [2.05, 4.69) is 4.98 Å². The van der Waals surface area contributed by atoms with Crippen LogP contribution in [0.4, 0.5) is 8.78 Å². The number of halogens is 2. The number of rotatable bonds is 8. The summed E-state index contributed by atoms with van der Waals surface area (Å²) in [5.41, 5.74) is 1.37. The number of imidazole rings is 1. The number of benzene rings is 2. The van der Waals surface area contributed by atoms with Gasteiger partial charge in [0.15, 0.2) is 0 Å². The fourth-order valence-corrected chi connectivity index (χ4v) is 3.89. The van der Waals surface area contributed by atoms with Gasteiger partial charge in [0.05, 0.1) is 22.8 Å². The maximum absolute atomic E-state index is 13.8. The Hall–Kier alpha value is -2.58. The van der Waals surface area contributed by atoms with Crippen LogP contribution in [0.2, 0.25) is 0 Å². The Labute approximate surface area is 177 Å². The number of hydrogen-bond acceptors (Lipinski definition) is 3. The molecule has 5 nitrogen and oxygen atoms in total. The first-order valence-electron chi connectivity index (χ1n) is 9.48. The van der Waals surface area contributed by atoms with Gasteiger partial charge in [-0.3, -0.25) is 5.14 Å². The van der Waals surface area contributed by atoms with Gasteiger partial charge in [-0.05, 0) is 68.7 Å². The maximum Gasteiger partial charge on any atom is 0.126 e. The van der Waals surface area contributed by atoms with Crippen molar-refractivity contribution in [2.24, 2.45) is 5.14 Å². The summed E-state index contributed by atoms with van der Waals surface area (Å²) >= 11 is 0. The quantitative estimate of drug-likeness (QED) is 0.577. The Morgan fingerprint density at radius 3 is 2.37 bits per heavy atom. The normalized spacial score (nSPS) is 13.8. The van der Waals surface area contributed by atoms with Gasteiger partial charge in [0.2, 0.25) is 0 Å². The van der Waals surface area contributed by atoms with Gasteiger partial charge in [-0.2, -0.15) is 0 Å². The average Bonchev–Trinajstić information content (AvgIpc) is 3.16. The number of aromatic nitrogens is 2. The minimum Gasteiger partial charge on any atom is -0.497 e. The summed E-state index contributed by atoms with van der Waals surface area (Å²) in [5.74, 6) is -0.117. The molecule has 8 heteroatoms. The first kappa shape index (κ1) is 22.1. The summed E-state index contributed by atoms with van der Waals surface area (Å²) in [6.07, 6.45) is 4.23. The van der Waals surface area contributed by atoms with Crippen molar-refractivity contribution in [3.8, 4) is 11.4 Å². The van der Waals surface area contributed by atoms with Crippen molar-refractivity contribution in [3.05, 3.63) is 77.9 Å². The summed E-state index contributed by atoms with van der Waals surface area (Å²) in [6.45, 7) is 3.62. The highest BCUT2D eigenvalue weighted by Crippen LogP contribution is 2.33. The molecule has 0 radical (unpaired) electrons. The van der Waals surface area contributed by atoms with E-state index in [1.165, 1.54) is 12.1 Å². The molecule has 1 unspecified atom stereocenters. The Bertz CT molecular complexity index is 1010. The summed E-state index contributed by atoms with van der Waals surface area (Å²) in [6, 6.07) is 10.9. The smallest absolute Gasteiger partial charge is 0.126 e. The molecule has 0 aliphatic heterocycles. The van der Waals surface area contributed by atoms with Crippen molar-refractivity contribution >= 4 is 11.0 Å². The van der Waals surface area contributed by atoms with Crippen LogP contribution in [0.1, 0.15) is 37.6 Å². The first-order chi connectivity index (χ1) is 14.2. The Morgan fingerprint density at radius 1 is 1.17 bits per heavy atom. The van der Waals surface area contributed by atoms with Crippen LogP contribution in [0.25, 0.3) is 5.69 Å². The van der Waals surface area contributed by atoms with Crippen molar-refractivity contribution < 1.29 is 17.7 Å². The molecule has 3 aromatic rings. The molecule has 0 fully saturated rings. The van der Waals surface area contributed by atoms with Crippen LogP contribution in [0, 0.1) is 11.6 Å². The number of ether oxygens (including phenoxy) is 1. The lowest BCUT2D eigenvalue weighted by Gasteiger charge is -2.28. The van der Waals surface area contributed by atoms with E-state index in [-0.39, 0.29) is 5.92 Å². The van der Waals surface area contributed by atoms with Crippen LogP contribution in [0.3, 0.4) is 0 Å². The summed E-state index contributed by atoms with van der Waals surface area (Å²) in [7, 11) is 0.0160. The molecule has 0 bridgehead atoms. The predicted molar refractivity (Wildman–Crippen MR) is 114 cm³/mol. The minimum absolute atomic E-state index is 0.272. The van der Waals surface area contributed by atoms with E-state index in [1.54, 1.807) is 13.3 Å². The van der Waals surface area contributed by atoms with E-state index < -0.39 is 27.4 Å². The molecule has 0 saturated heterocycles. The number of hydrogen-bond donors (Lipinski definition) is 1.